The Morgan fingerprint density at radius 3 is 2.38 bits per heavy atom. The standard InChI is InChI=1S/C16H13Cl2N3O3/c1-20-13-11(15(23)21(2)16(20)24)6-9(14(22)19-13)5-8-3-4-10(17)7-12(8)18/h3-4,6-7H,5H2,1-2H3,(H,19,22). The summed E-state index contributed by atoms with van der Waals surface area (Å²) in [5.41, 5.74) is -0.0599. The summed E-state index contributed by atoms with van der Waals surface area (Å²) in [6.45, 7) is 0. The number of aromatic nitrogens is 3. The predicted molar refractivity (Wildman–Crippen MR) is 94.3 cm³/mol. The lowest BCUT2D eigenvalue weighted by atomic mass is 10.1. The van der Waals surface area contributed by atoms with Crippen LogP contribution < -0.4 is 16.8 Å². The number of aryl methyl sites for hydroxylation is 1. The van der Waals surface area contributed by atoms with Crippen LogP contribution in [0.3, 0.4) is 0 Å². The van der Waals surface area contributed by atoms with Gasteiger partial charge in [0, 0.05) is 36.1 Å². The summed E-state index contributed by atoms with van der Waals surface area (Å²) in [5.74, 6) is 0. The maximum Gasteiger partial charge on any atom is 0.332 e. The van der Waals surface area contributed by atoms with Crippen molar-refractivity contribution in [2.45, 2.75) is 6.42 Å². The molecule has 0 bridgehead atoms. The molecule has 0 saturated carbocycles. The Morgan fingerprint density at radius 2 is 1.71 bits per heavy atom. The van der Waals surface area contributed by atoms with Crippen LogP contribution in [0.2, 0.25) is 10.0 Å². The van der Waals surface area contributed by atoms with Crippen molar-refractivity contribution in [2.75, 3.05) is 0 Å². The SMILES string of the molecule is Cn1c(=O)c2cc(Cc3ccc(Cl)cc3Cl)c(=O)[nH]c2n(C)c1=O. The fourth-order valence-corrected chi connectivity index (χ4v) is 3.06. The van der Waals surface area contributed by atoms with Crippen LogP contribution in [-0.2, 0) is 20.5 Å². The Balaban J connectivity index is 2.23. The summed E-state index contributed by atoms with van der Waals surface area (Å²) in [4.78, 5) is 39.2. The van der Waals surface area contributed by atoms with Gasteiger partial charge in [0.15, 0.2) is 0 Å². The fourth-order valence-electron chi connectivity index (χ4n) is 2.58. The van der Waals surface area contributed by atoms with Crippen LogP contribution in [0.25, 0.3) is 11.0 Å². The van der Waals surface area contributed by atoms with Crippen LogP contribution in [0, 0.1) is 0 Å². The summed E-state index contributed by atoms with van der Waals surface area (Å²) < 4.78 is 2.23. The lowest BCUT2D eigenvalue weighted by Crippen LogP contribution is -2.38. The van der Waals surface area contributed by atoms with Crippen molar-refractivity contribution in [3.63, 3.8) is 0 Å². The number of nitrogens with zero attached hydrogens (tertiary/aromatic N) is 2. The van der Waals surface area contributed by atoms with Gasteiger partial charge in [-0.3, -0.25) is 18.7 Å². The molecule has 2 heterocycles. The normalized spacial score (nSPS) is 11.2. The van der Waals surface area contributed by atoms with Gasteiger partial charge in [-0.1, -0.05) is 29.3 Å². The molecule has 3 aromatic rings. The number of halogens is 2. The van der Waals surface area contributed by atoms with Gasteiger partial charge in [-0.15, -0.1) is 0 Å². The minimum absolute atomic E-state index is 0.194. The quantitative estimate of drug-likeness (QED) is 0.752. The lowest BCUT2D eigenvalue weighted by molar-refractivity contribution is 0.706. The number of nitrogens with one attached hydrogen (secondary N) is 1. The summed E-state index contributed by atoms with van der Waals surface area (Å²) in [6.07, 6.45) is 0.243. The first kappa shape index (κ1) is 16.5. The maximum atomic E-state index is 12.3. The van der Waals surface area contributed by atoms with Crippen LogP contribution in [0.5, 0.6) is 0 Å². The van der Waals surface area contributed by atoms with Crippen LogP contribution in [0.15, 0.2) is 38.6 Å². The molecule has 0 atom stereocenters. The Hall–Kier alpha value is -2.31. The molecule has 6 nitrogen and oxygen atoms in total. The summed E-state index contributed by atoms with van der Waals surface area (Å²) in [5, 5.41) is 1.20. The molecule has 1 N–H and O–H groups in total. The first-order chi connectivity index (χ1) is 11.3. The van der Waals surface area contributed by atoms with E-state index in [4.69, 9.17) is 23.2 Å². The fraction of sp³-hybridized carbons (Fsp3) is 0.188. The van der Waals surface area contributed by atoms with E-state index in [0.29, 0.717) is 21.2 Å². The molecular weight excluding hydrogens is 353 g/mol. The molecule has 1 aromatic carbocycles. The van der Waals surface area contributed by atoms with Crippen molar-refractivity contribution in [2.24, 2.45) is 14.1 Å². The molecule has 0 aliphatic rings. The van der Waals surface area contributed by atoms with Gasteiger partial charge >= 0.3 is 5.69 Å². The zero-order valence-electron chi connectivity index (χ0n) is 12.9. The second-order valence-electron chi connectivity index (χ2n) is 5.50. The highest BCUT2D eigenvalue weighted by Crippen LogP contribution is 2.23. The van der Waals surface area contributed by atoms with Crippen LogP contribution >= 0.6 is 23.2 Å². The van der Waals surface area contributed by atoms with E-state index in [1.54, 1.807) is 18.2 Å². The molecular formula is C16H13Cl2N3O3. The predicted octanol–water partition coefficient (Wildman–Crippen LogP) is 1.82. The molecule has 0 amide bonds. The summed E-state index contributed by atoms with van der Waals surface area (Å²) >= 11 is 12.0. The van der Waals surface area contributed by atoms with E-state index < -0.39 is 11.2 Å². The minimum atomic E-state index is -0.503. The highest BCUT2D eigenvalue weighted by Gasteiger charge is 2.13. The van der Waals surface area contributed by atoms with Gasteiger partial charge in [-0.2, -0.15) is 0 Å². The van der Waals surface area contributed by atoms with E-state index in [1.165, 1.54) is 24.7 Å². The zero-order valence-corrected chi connectivity index (χ0v) is 14.4. The number of pyridine rings is 1. The summed E-state index contributed by atoms with van der Waals surface area (Å²) in [7, 11) is 2.89. The molecule has 0 unspecified atom stereocenters. The molecule has 0 fully saturated rings. The molecule has 0 radical (unpaired) electrons. The van der Waals surface area contributed by atoms with Crippen molar-refractivity contribution >= 4 is 34.2 Å². The Morgan fingerprint density at radius 1 is 1.00 bits per heavy atom. The van der Waals surface area contributed by atoms with E-state index in [0.717, 1.165) is 4.57 Å². The Labute approximate surface area is 145 Å². The first-order valence-corrected chi connectivity index (χ1v) is 7.81. The van der Waals surface area contributed by atoms with Crippen LogP contribution in [0.1, 0.15) is 11.1 Å². The number of hydrogen-bond acceptors (Lipinski definition) is 3. The van der Waals surface area contributed by atoms with E-state index in [1.807, 2.05) is 0 Å². The van der Waals surface area contributed by atoms with E-state index in [2.05, 4.69) is 4.98 Å². The number of aromatic amines is 1. The third kappa shape index (κ3) is 2.68. The van der Waals surface area contributed by atoms with Crippen LogP contribution in [-0.4, -0.2) is 14.1 Å². The van der Waals surface area contributed by atoms with Gasteiger partial charge in [0.25, 0.3) is 11.1 Å². The number of benzene rings is 1. The monoisotopic (exact) mass is 365 g/mol. The molecule has 0 spiro atoms. The topological polar surface area (TPSA) is 76.9 Å². The average molecular weight is 366 g/mol. The zero-order chi connectivity index (χ0) is 17.6. The molecule has 124 valence electrons. The third-order valence-corrected chi connectivity index (χ3v) is 4.52. The first-order valence-electron chi connectivity index (χ1n) is 7.05. The van der Waals surface area contributed by atoms with E-state index in [9.17, 15) is 14.4 Å². The molecule has 3 rings (SSSR count). The maximum absolute atomic E-state index is 12.3. The smallest absolute Gasteiger partial charge is 0.307 e. The molecule has 24 heavy (non-hydrogen) atoms. The second kappa shape index (κ2) is 5.96. The third-order valence-electron chi connectivity index (χ3n) is 3.94. The van der Waals surface area contributed by atoms with Gasteiger partial charge in [-0.05, 0) is 23.8 Å². The average Bonchev–Trinajstić information content (AvgIpc) is 2.54. The highest BCUT2D eigenvalue weighted by atomic mass is 35.5. The van der Waals surface area contributed by atoms with Crippen LogP contribution in [0.4, 0.5) is 0 Å². The van der Waals surface area contributed by atoms with Gasteiger partial charge in [0.2, 0.25) is 0 Å². The Bertz CT molecular complexity index is 1140. The number of fused-ring (bicyclic) bond motifs is 1. The number of hydrogen-bond donors (Lipinski definition) is 1. The molecule has 0 aliphatic carbocycles. The summed E-state index contributed by atoms with van der Waals surface area (Å²) in [6, 6.07) is 6.51. The van der Waals surface area contributed by atoms with Gasteiger partial charge < -0.3 is 4.98 Å². The highest BCUT2D eigenvalue weighted by molar-refractivity contribution is 6.35. The van der Waals surface area contributed by atoms with Gasteiger partial charge in [-0.25, -0.2) is 4.79 Å². The van der Waals surface area contributed by atoms with E-state index in [-0.39, 0.29) is 23.0 Å². The van der Waals surface area contributed by atoms with Crippen molar-refractivity contribution in [1.29, 1.82) is 0 Å². The number of rotatable bonds is 2. The molecule has 8 heteroatoms. The Kier molecular flexibility index (Phi) is 4.11. The van der Waals surface area contributed by atoms with Crippen molar-refractivity contribution in [3.05, 3.63) is 76.6 Å². The molecule has 0 aliphatic heterocycles. The van der Waals surface area contributed by atoms with Gasteiger partial charge in [0.05, 0.1) is 5.39 Å². The van der Waals surface area contributed by atoms with Crippen molar-refractivity contribution < 1.29 is 0 Å². The molecule has 2 aromatic heterocycles. The number of H-pyrrole nitrogens is 1. The second-order valence-corrected chi connectivity index (χ2v) is 6.35. The van der Waals surface area contributed by atoms with Crippen molar-refractivity contribution in [1.82, 2.24) is 14.1 Å². The van der Waals surface area contributed by atoms with E-state index >= 15 is 0 Å². The minimum Gasteiger partial charge on any atom is -0.307 e. The molecule has 0 saturated heterocycles. The largest absolute Gasteiger partial charge is 0.332 e. The van der Waals surface area contributed by atoms with Crippen molar-refractivity contribution in [3.8, 4) is 0 Å². The van der Waals surface area contributed by atoms with Gasteiger partial charge in [0.1, 0.15) is 5.65 Å². The lowest BCUT2D eigenvalue weighted by Gasteiger charge is -2.09.